The first-order valence-electron chi connectivity index (χ1n) is 10.6. The first-order chi connectivity index (χ1) is 14.5. The molecule has 5 rings (SSSR count). The summed E-state index contributed by atoms with van der Waals surface area (Å²) in [6, 6.07) is 7.72. The van der Waals surface area contributed by atoms with Crippen molar-refractivity contribution in [3.05, 3.63) is 47.9 Å². The van der Waals surface area contributed by atoms with Gasteiger partial charge in [0.2, 0.25) is 5.95 Å². The van der Waals surface area contributed by atoms with Crippen molar-refractivity contribution < 1.29 is 4.39 Å². The minimum Gasteiger partial charge on any atom is -0.351 e. The van der Waals surface area contributed by atoms with E-state index in [0.717, 1.165) is 54.6 Å². The number of fused-ring (bicyclic) bond motifs is 2. The maximum atomic E-state index is 15.4. The number of nitrogens with zero attached hydrogens (tertiary/aromatic N) is 6. The summed E-state index contributed by atoms with van der Waals surface area (Å²) in [6.45, 7) is 5.28. The highest BCUT2D eigenvalue weighted by Gasteiger charge is 2.35. The van der Waals surface area contributed by atoms with E-state index in [2.05, 4.69) is 35.9 Å². The van der Waals surface area contributed by atoms with Gasteiger partial charge in [0.05, 0.1) is 11.1 Å². The number of hydrogen-bond donors (Lipinski definition) is 0. The van der Waals surface area contributed by atoms with Crippen LogP contribution in [-0.2, 0) is 12.0 Å². The number of rotatable bonds is 2. The van der Waals surface area contributed by atoms with Crippen molar-refractivity contribution in [1.82, 2.24) is 19.9 Å². The van der Waals surface area contributed by atoms with Crippen molar-refractivity contribution in [1.29, 1.82) is 0 Å². The molecule has 3 aromatic rings. The summed E-state index contributed by atoms with van der Waals surface area (Å²) >= 11 is 0. The molecule has 0 radical (unpaired) electrons. The van der Waals surface area contributed by atoms with Crippen molar-refractivity contribution in [2.45, 2.75) is 38.1 Å². The molecule has 30 heavy (non-hydrogen) atoms. The highest BCUT2D eigenvalue weighted by atomic mass is 31.0. The first kappa shape index (κ1) is 19.6. The van der Waals surface area contributed by atoms with Crippen LogP contribution in [0.25, 0.3) is 11.0 Å². The van der Waals surface area contributed by atoms with Crippen molar-refractivity contribution >= 4 is 32.0 Å². The van der Waals surface area contributed by atoms with Gasteiger partial charge in [0, 0.05) is 45.0 Å². The van der Waals surface area contributed by atoms with Gasteiger partial charge >= 0.3 is 0 Å². The number of piperidine rings is 1. The summed E-state index contributed by atoms with van der Waals surface area (Å²) in [7, 11) is 2.35. The molecule has 3 aromatic heterocycles. The SMILES string of the molecule is CC1CCN(c2nc(N3CCC(F)(P)c4ncccc4C3)c3cccnc3n2)CC1. The third kappa shape index (κ3) is 3.60. The van der Waals surface area contributed by atoms with E-state index in [4.69, 9.17) is 9.97 Å². The van der Waals surface area contributed by atoms with E-state index in [1.54, 1.807) is 12.4 Å². The van der Waals surface area contributed by atoms with Crippen molar-refractivity contribution in [2.75, 3.05) is 29.4 Å². The van der Waals surface area contributed by atoms with Gasteiger partial charge in [0.15, 0.2) is 11.1 Å². The van der Waals surface area contributed by atoms with Crippen LogP contribution in [0.1, 0.15) is 37.4 Å². The summed E-state index contributed by atoms with van der Waals surface area (Å²) < 4.78 is 15.4. The zero-order valence-corrected chi connectivity index (χ0v) is 18.3. The molecule has 0 N–H and O–H groups in total. The molecule has 1 saturated heterocycles. The van der Waals surface area contributed by atoms with Crippen LogP contribution < -0.4 is 9.80 Å². The van der Waals surface area contributed by atoms with E-state index < -0.39 is 5.41 Å². The molecule has 0 aromatic carbocycles. The fourth-order valence-corrected chi connectivity index (χ4v) is 4.74. The smallest absolute Gasteiger partial charge is 0.229 e. The molecule has 6 nitrogen and oxygen atoms in total. The van der Waals surface area contributed by atoms with E-state index in [1.165, 1.54) is 0 Å². The number of halogens is 1. The van der Waals surface area contributed by atoms with Crippen LogP contribution in [-0.4, -0.2) is 39.6 Å². The lowest BCUT2D eigenvalue weighted by Gasteiger charge is -2.31. The molecular formula is C22H26FN6P. The van der Waals surface area contributed by atoms with Gasteiger partial charge in [-0.05, 0) is 42.5 Å². The third-order valence-corrected chi connectivity index (χ3v) is 6.76. The van der Waals surface area contributed by atoms with E-state index in [9.17, 15) is 0 Å². The molecule has 2 aliphatic heterocycles. The van der Waals surface area contributed by atoms with Crippen LogP contribution in [0.5, 0.6) is 0 Å². The monoisotopic (exact) mass is 424 g/mol. The quantitative estimate of drug-likeness (QED) is 0.578. The van der Waals surface area contributed by atoms with Crippen LogP contribution in [0.2, 0.25) is 0 Å². The number of pyridine rings is 2. The lowest BCUT2D eigenvalue weighted by atomic mass is 10.00. The second-order valence-corrected chi connectivity index (χ2v) is 9.35. The highest BCUT2D eigenvalue weighted by molar-refractivity contribution is 7.18. The maximum Gasteiger partial charge on any atom is 0.229 e. The molecular weight excluding hydrogens is 398 g/mol. The Labute approximate surface area is 178 Å². The van der Waals surface area contributed by atoms with Crippen LogP contribution in [0, 0.1) is 5.92 Å². The third-order valence-electron chi connectivity index (χ3n) is 6.20. The Morgan fingerprint density at radius 3 is 2.63 bits per heavy atom. The maximum absolute atomic E-state index is 15.4. The summed E-state index contributed by atoms with van der Waals surface area (Å²) in [5.74, 6) is 2.27. The topological polar surface area (TPSA) is 58.0 Å². The van der Waals surface area contributed by atoms with E-state index in [-0.39, 0.29) is 0 Å². The van der Waals surface area contributed by atoms with Gasteiger partial charge in [-0.15, -0.1) is 0 Å². The lowest BCUT2D eigenvalue weighted by Crippen LogP contribution is -2.35. The largest absolute Gasteiger partial charge is 0.351 e. The van der Waals surface area contributed by atoms with Crippen molar-refractivity contribution in [2.24, 2.45) is 5.92 Å². The number of aromatic nitrogens is 4. The van der Waals surface area contributed by atoms with Gasteiger partial charge in [0.25, 0.3) is 0 Å². The van der Waals surface area contributed by atoms with Gasteiger partial charge in [-0.25, -0.2) is 9.37 Å². The number of hydrogen-bond acceptors (Lipinski definition) is 6. The first-order valence-corrected chi connectivity index (χ1v) is 11.1. The molecule has 0 bridgehead atoms. The predicted octanol–water partition coefficient (Wildman–Crippen LogP) is 4.06. The van der Waals surface area contributed by atoms with Gasteiger partial charge in [-0.1, -0.05) is 22.2 Å². The molecule has 0 saturated carbocycles. The second kappa shape index (κ2) is 7.69. The fraction of sp³-hybridized carbons (Fsp3) is 0.455. The fourth-order valence-electron chi connectivity index (χ4n) is 4.35. The van der Waals surface area contributed by atoms with Gasteiger partial charge in [-0.2, -0.15) is 9.97 Å². The average Bonchev–Trinajstić information content (AvgIpc) is 2.89. The molecule has 156 valence electrons. The summed E-state index contributed by atoms with van der Waals surface area (Å²) in [5, 5.41) is -0.648. The van der Waals surface area contributed by atoms with Crippen LogP contribution in [0.3, 0.4) is 0 Å². The van der Waals surface area contributed by atoms with E-state index in [1.807, 2.05) is 24.3 Å². The normalized spacial score (nSPS) is 22.8. The molecule has 0 aliphatic carbocycles. The van der Waals surface area contributed by atoms with Gasteiger partial charge in [-0.3, -0.25) is 4.98 Å². The minimum absolute atomic E-state index is 0.323. The van der Waals surface area contributed by atoms with E-state index in [0.29, 0.717) is 30.9 Å². The standard InChI is InChI=1S/C22H26FN6P/c1-15-6-11-28(12-7-15)21-26-19-17(5-3-10-25-19)20(27-21)29-13-8-22(23,30)18-16(14-29)4-2-9-24-18/h2-5,9-10,15H,6-8,11-14,30H2,1H3. The molecule has 2 atom stereocenters. The Bertz CT molecular complexity index is 1070. The van der Waals surface area contributed by atoms with Crippen LogP contribution in [0.4, 0.5) is 16.2 Å². The number of alkyl halides is 1. The molecule has 2 aliphatic rings. The Morgan fingerprint density at radius 2 is 1.80 bits per heavy atom. The van der Waals surface area contributed by atoms with Gasteiger partial charge in [0.1, 0.15) is 5.82 Å². The average molecular weight is 424 g/mol. The zero-order chi connectivity index (χ0) is 20.7. The van der Waals surface area contributed by atoms with Crippen molar-refractivity contribution in [3.8, 4) is 0 Å². The highest BCUT2D eigenvalue weighted by Crippen LogP contribution is 2.41. The molecule has 1 fully saturated rings. The summed E-state index contributed by atoms with van der Waals surface area (Å²) in [4.78, 5) is 23.0. The molecule has 0 spiro atoms. The summed E-state index contributed by atoms with van der Waals surface area (Å²) in [5.41, 5.74) is 2.07. The van der Waals surface area contributed by atoms with E-state index >= 15 is 4.39 Å². The number of anilines is 2. The Balaban J connectivity index is 1.58. The Kier molecular flexibility index (Phi) is 5.02. The molecule has 8 heteroatoms. The van der Waals surface area contributed by atoms with Crippen LogP contribution >= 0.6 is 9.24 Å². The Hall–Kier alpha value is -2.40. The van der Waals surface area contributed by atoms with Gasteiger partial charge < -0.3 is 9.80 Å². The lowest BCUT2D eigenvalue weighted by molar-refractivity contribution is 0.273. The van der Waals surface area contributed by atoms with Crippen molar-refractivity contribution in [3.63, 3.8) is 0 Å². The van der Waals surface area contributed by atoms with Crippen LogP contribution in [0.15, 0.2) is 36.7 Å². The summed E-state index contributed by atoms with van der Waals surface area (Å²) in [6.07, 6.45) is 6.02. The molecule has 2 unspecified atom stereocenters. The molecule has 5 heterocycles. The Morgan fingerprint density at radius 1 is 1.03 bits per heavy atom. The minimum atomic E-state index is -1.54. The zero-order valence-electron chi connectivity index (χ0n) is 17.1. The second-order valence-electron chi connectivity index (χ2n) is 8.44. The molecule has 0 amide bonds. The predicted molar refractivity (Wildman–Crippen MR) is 120 cm³/mol.